The van der Waals surface area contributed by atoms with Crippen LogP contribution in [0.2, 0.25) is 0 Å². The maximum Gasteiger partial charge on any atom is 0.306 e. The van der Waals surface area contributed by atoms with Crippen LogP contribution >= 0.6 is 0 Å². The zero-order chi connectivity index (χ0) is 52.9. The number of carbonyl (C=O) groups is 3. The number of hydrogen-bond donors (Lipinski definition) is 0. The molecule has 0 aromatic carbocycles. The topological polar surface area (TPSA) is 78.9 Å². The predicted molar refractivity (Wildman–Crippen MR) is 317 cm³/mol. The lowest BCUT2D eigenvalue weighted by Gasteiger charge is -2.18. The van der Waals surface area contributed by atoms with Gasteiger partial charge in [-0.25, -0.2) is 0 Å². The molecule has 0 saturated carbocycles. The van der Waals surface area contributed by atoms with Crippen molar-refractivity contribution in [3.8, 4) is 0 Å². The fraction of sp³-hybridized carbons (Fsp3) is 0.955. The van der Waals surface area contributed by atoms with Gasteiger partial charge in [0.05, 0.1) is 0 Å². The van der Waals surface area contributed by atoms with E-state index < -0.39 is 6.10 Å². The third kappa shape index (κ3) is 61.1. The van der Waals surface area contributed by atoms with Gasteiger partial charge in [-0.05, 0) is 19.3 Å². The molecule has 0 aliphatic rings. The van der Waals surface area contributed by atoms with Gasteiger partial charge in [0, 0.05) is 19.3 Å². The Balaban J connectivity index is 4.24. The van der Waals surface area contributed by atoms with Gasteiger partial charge in [0.15, 0.2) is 6.10 Å². The largest absolute Gasteiger partial charge is 0.462 e. The van der Waals surface area contributed by atoms with Crippen molar-refractivity contribution in [1.82, 2.24) is 0 Å². The molecule has 0 N–H and O–H groups in total. The third-order valence-corrected chi connectivity index (χ3v) is 15.6. The molecule has 0 amide bonds. The first-order valence-corrected chi connectivity index (χ1v) is 33.5. The van der Waals surface area contributed by atoms with Crippen LogP contribution in [0.15, 0.2) is 0 Å². The van der Waals surface area contributed by atoms with Crippen LogP contribution in [0.25, 0.3) is 0 Å². The quantitative estimate of drug-likeness (QED) is 0.0343. The number of hydrogen-bond acceptors (Lipinski definition) is 6. The molecular weight excluding hydrogens is 901 g/mol. The summed E-state index contributed by atoms with van der Waals surface area (Å²) in [6.07, 6.45) is 72.6. The highest BCUT2D eigenvalue weighted by Crippen LogP contribution is 2.19. The SMILES string of the molecule is CCCCCCCCCCCCCCCCCCCCCCCCC(=O)OCC(COC(=O)CCCCCCCCCCCCCCCCC)OC(=O)CCCCCCCCCCCCCCCCCCCC. The van der Waals surface area contributed by atoms with Crippen LogP contribution in [0.4, 0.5) is 0 Å². The zero-order valence-corrected chi connectivity index (χ0v) is 50.0. The Kier molecular flexibility index (Phi) is 61.6. The van der Waals surface area contributed by atoms with E-state index in [1.165, 1.54) is 295 Å². The summed E-state index contributed by atoms with van der Waals surface area (Å²) in [5.41, 5.74) is 0. The van der Waals surface area contributed by atoms with E-state index in [1.54, 1.807) is 0 Å². The molecule has 0 aromatic heterocycles. The Labute approximate surface area is 457 Å². The minimum absolute atomic E-state index is 0.0603. The predicted octanol–water partition coefficient (Wildman–Crippen LogP) is 22.7. The zero-order valence-electron chi connectivity index (χ0n) is 50.0. The maximum atomic E-state index is 12.9. The molecule has 73 heavy (non-hydrogen) atoms. The maximum absolute atomic E-state index is 12.9. The molecule has 6 heteroatoms. The fourth-order valence-corrected chi connectivity index (χ4v) is 10.6. The molecule has 0 spiro atoms. The number of unbranched alkanes of at least 4 members (excludes halogenated alkanes) is 52. The van der Waals surface area contributed by atoms with Crippen molar-refractivity contribution in [2.45, 2.75) is 399 Å². The van der Waals surface area contributed by atoms with Gasteiger partial charge in [0.25, 0.3) is 0 Å². The molecule has 0 rings (SSSR count). The summed E-state index contributed by atoms with van der Waals surface area (Å²) in [5, 5.41) is 0. The highest BCUT2D eigenvalue weighted by molar-refractivity contribution is 5.71. The Bertz CT molecular complexity index is 1090. The van der Waals surface area contributed by atoms with Crippen molar-refractivity contribution in [2.24, 2.45) is 0 Å². The van der Waals surface area contributed by atoms with Crippen LogP contribution < -0.4 is 0 Å². The molecule has 0 bridgehead atoms. The van der Waals surface area contributed by atoms with Gasteiger partial charge >= 0.3 is 17.9 Å². The second-order valence-electron chi connectivity index (χ2n) is 23.1. The van der Waals surface area contributed by atoms with Gasteiger partial charge < -0.3 is 14.2 Å². The summed E-state index contributed by atoms with van der Waals surface area (Å²) < 4.78 is 17.0. The summed E-state index contributed by atoms with van der Waals surface area (Å²) in [4.78, 5) is 38.4. The van der Waals surface area contributed by atoms with E-state index in [0.29, 0.717) is 19.3 Å². The number of carbonyl (C=O) groups excluding carboxylic acids is 3. The number of rotatable bonds is 63. The summed E-state index contributed by atoms with van der Waals surface area (Å²) in [5.74, 6) is -0.821. The van der Waals surface area contributed by atoms with E-state index >= 15 is 0 Å². The van der Waals surface area contributed by atoms with Gasteiger partial charge in [0.2, 0.25) is 0 Å². The van der Waals surface area contributed by atoms with Crippen molar-refractivity contribution in [3.05, 3.63) is 0 Å². The van der Waals surface area contributed by atoms with E-state index in [2.05, 4.69) is 20.8 Å². The van der Waals surface area contributed by atoms with Gasteiger partial charge in [-0.15, -0.1) is 0 Å². The molecule has 1 unspecified atom stereocenters. The lowest BCUT2D eigenvalue weighted by atomic mass is 10.0. The van der Waals surface area contributed by atoms with E-state index in [1.807, 2.05) is 0 Å². The molecular formula is C67H130O6. The van der Waals surface area contributed by atoms with Crippen LogP contribution in [0.3, 0.4) is 0 Å². The molecule has 0 saturated heterocycles. The number of esters is 3. The number of ether oxygens (including phenoxy) is 3. The van der Waals surface area contributed by atoms with Crippen molar-refractivity contribution >= 4 is 17.9 Å². The standard InChI is InChI=1S/C67H130O6/c1-4-7-10-13-16-19-22-25-28-30-32-33-34-35-37-39-42-45-48-51-54-57-60-66(69)72-63-64(62-71-65(68)59-56-53-50-47-44-41-38-27-24-21-18-15-12-9-6-3)73-67(70)61-58-55-52-49-46-43-40-36-31-29-26-23-20-17-14-11-8-5-2/h64H,4-63H2,1-3H3. The summed E-state index contributed by atoms with van der Waals surface area (Å²) >= 11 is 0. The third-order valence-electron chi connectivity index (χ3n) is 15.6. The summed E-state index contributed by atoms with van der Waals surface area (Å²) in [6, 6.07) is 0. The molecule has 0 aliphatic carbocycles. The van der Waals surface area contributed by atoms with Gasteiger partial charge in [0.1, 0.15) is 13.2 Å². The smallest absolute Gasteiger partial charge is 0.306 e. The molecule has 0 aliphatic heterocycles. The Morgan fingerprint density at radius 1 is 0.219 bits per heavy atom. The van der Waals surface area contributed by atoms with Gasteiger partial charge in [-0.2, -0.15) is 0 Å². The molecule has 1 atom stereocenters. The Morgan fingerprint density at radius 3 is 0.548 bits per heavy atom. The minimum atomic E-state index is -0.762. The molecule has 6 nitrogen and oxygen atoms in total. The second-order valence-corrected chi connectivity index (χ2v) is 23.1. The van der Waals surface area contributed by atoms with Crippen molar-refractivity contribution < 1.29 is 28.6 Å². The van der Waals surface area contributed by atoms with E-state index in [0.717, 1.165) is 57.8 Å². The first-order valence-electron chi connectivity index (χ1n) is 33.5. The summed E-state index contributed by atoms with van der Waals surface area (Å²) in [6.45, 7) is 6.74. The van der Waals surface area contributed by atoms with Crippen molar-refractivity contribution in [3.63, 3.8) is 0 Å². The molecule has 0 radical (unpaired) electrons. The van der Waals surface area contributed by atoms with E-state index in [-0.39, 0.29) is 31.1 Å². The van der Waals surface area contributed by atoms with E-state index in [9.17, 15) is 14.4 Å². The first kappa shape index (κ1) is 71.4. The fourth-order valence-electron chi connectivity index (χ4n) is 10.6. The highest BCUT2D eigenvalue weighted by Gasteiger charge is 2.19. The lowest BCUT2D eigenvalue weighted by molar-refractivity contribution is -0.167. The minimum Gasteiger partial charge on any atom is -0.462 e. The average Bonchev–Trinajstić information content (AvgIpc) is 3.39. The first-order chi connectivity index (χ1) is 36.0. The van der Waals surface area contributed by atoms with Gasteiger partial charge in [-0.3, -0.25) is 14.4 Å². The monoisotopic (exact) mass is 1030 g/mol. The van der Waals surface area contributed by atoms with Crippen LogP contribution in [-0.4, -0.2) is 37.2 Å². The molecule has 0 fully saturated rings. The normalized spacial score (nSPS) is 11.9. The van der Waals surface area contributed by atoms with Crippen LogP contribution in [-0.2, 0) is 28.6 Å². The van der Waals surface area contributed by atoms with Crippen molar-refractivity contribution in [2.75, 3.05) is 13.2 Å². The average molecular weight is 1030 g/mol. The van der Waals surface area contributed by atoms with Crippen LogP contribution in [0.5, 0.6) is 0 Å². The second kappa shape index (κ2) is 62.9. The Morgan fingerprint density at radius 2 is 0.370 bits per heavy atom. The molecule has 0 heterocycles. The molecule has 0 aromatic rings. The van der Waals surface area contributed by atoms with Crippen LogP contribution in [0, 0.1) is 0 Å². The lowest BCUT2D eigenvalue weighted by Crippen LogP contribution is -2.30. The summed E-state index contributed by atoms with van der Waals surface area (Å²) in [7, 11) is 0. The highest BCUT2D eigenvalue weighted by atomic mass is 16.6. The molecule has 434 valence electrons. The van der Waals surface area contributed by atoms with Crippen molar-refractivity contribution in [1.29, 1.82) is 0 Å². The van der Waals surface area contributed by atoms with Crippen LogP contribution in [0.1, 0.15) is 393 Å². The van der Waals surface area contributed by atoms with Gasteiger partial charge in [-0.1, -0.05) is 355 Å². The van der Waals surface area contributed by atoms with E-state index in [4.69, 9.17) is 14.2 Å². The Hall–Kier alpha value is -1.59.